The Balaban J connectivity index is 1.73. The Hall–Kier alpha value is -0.710. The highest BCUT2D eigenvalue weighted by Crippen LogP contribution is 2.26. The molecule has 1 aromatic heterocycles. The lowest BCUT2D eigenvalue weighted by atomic mass is 9.96. The van der Waals surface area contributed by atoms with Crippen LogP contribution in [0.5, 0.6) is 0 Å². The quantitative estimate of drug-likeness (QED) is 0.840. The SMILES string of the molecule is Cc1csc(CC(CNC2CC2)c2ccc(Br)cc2)n1. The molecule has 1 aliphatic carbocycles. The molecule has 1 unspecified atom stereocenters. The van der Waals surface area contributed by atoms with Gasteiger partial charge in [0.25, 0.3) is 0 Å². The first-order chi connectivity index (χ1) is 9.70. The van der Waals surface area contributed by atoms with Crippen LogP contribution in [0.15, 0.2) is 34.1 Å². The van der Waals surface area contributed by atoms with Crippen molar-refractivity contribution in [2.24, 2.45) is 0 Å². The van der Waals surface area contributed by atoms with Gasteiger partial charge in [-0.1, -0.05) is 28.1 Å². The van der Waals surface area contributed by atoms with E-state index in [1.54, 1.807) is 11.3 Å². The molecule has 0 radical (unpaired) electrons. The highest BCUT2D eigenvalue weighted by molar-refractivity contribution is 9.10. The van der Waals surface area contributed by atoms with Crippen LogP contribution in [0, 0.1) is 6.92 Å². The van der Waals surface area contributed by atoms with Gasteiger partial charge in [0.1, 0.15) is 0 Å². The van der Waals surface area contributed by atoms with Gasteiger partial charge < -0.3 is 5.32 Å². The number of hydrogen-bond acceptors (Lipinski definition) is 3. The van der Waals surface area contributed by atoms with E-state index in [-0.39, 0.29) is 0 Å². The summed E-state index contributed by atoms with van der Waals surface area (Å²) in [6.45, 7) is 3.11. The van der Waals surface area contributed by atoms with Crippen LogP contribution >= 0.6 is 27.3 Å². The molecule has 0 spiro atoms. The summed E-state index contributed by atoms with van der Waals surface area (Å²) in [5.74, 6) is 0.509. The number of rotatable bonds is 6. The molecule has 1 heterocycles. The maximum Gasteiger partial charge on any atom is 0.0934 e. The monoisotopic (exact) mass is 350 g/mol. The zero-order valence-electron chi connectivity index (χ0n) is 11.6. The summed E-state index contributed by atoms with van der Waals surface area (Å²) in [6.07, 6.45) is 3.70. The van der Waals surface area contributed by atoms with Crippen LogP contribution in [0.2, 0.25) is 0 Å². The molecule has 0 saturated heterocycles. The highest BCUT2D eigenvalue weighted by Gasteiger charge is 2.23. The second-order valence-corrected chi connectivity index (χ2v) is 7.38. The van der Waals surface area contributed by atoms with E-state index in [1.165, 1.54) is 23.4 Å². The predicted octanol–water partition coefficient (Wildman–Crippen LogP) is 4.29. The van der Waals surface area contributed by atoms with Crippen molar-refractivity contribution in [3.05, 3.63) is 50.4 Å². The van der Waals surface area contributed by atoms with Gasteiger partial charge >= 0.3 is 0 Å². The van der Waals surface area contributed by atoms with Crippen molar-refractivity contribution in [3.8, 4) is 0 Å². The number of benzene rings is 1. The minimum absolute atomic E-state index is 0.509. The molecule has 1 aromatic carbocycles. The van der Waals surface area contributed by atoms with Gasteiger partial charge in [0.15, 0.2) is 0 Å². The minimum atomic E-state index is 0.509. The second kappa shape index (κ2) is 6.37. The van der Waals surface area contributed by atoms with Gasteiger partial charge in [-0.2, -0.15) is 0 Å². The minimum Gasteiger partial charge on any atom is -0.313 e. The number of thiazole rings is 1. The number of nitrogens with one attached hydrogen (secondary N) is 1. The van der Waals surface area contributed by atoms with Crippen LogP contribution in [0.3, 0.4) is 0 Å². The topological polar surface area (TPSA) is 24.9 Å². The fourth-order valence-corrected chi connectivity index (χ4v) is 3.46. The molecule has 106 valence electrons. The average Bonchev–Trinajstić information content (AvgIpc) is 3.18. The summed E-state index contributed by atoms with van der Waals surface area (Å²) in [5, 5.41) is 7.05. The molecule has 1 N–H and O–H groups in total. The smallest absolute Gasteiger partial charge is 0.0934 e. The van der Waals surface area contributed by atoms with Gasteiger partial charge in [0.05, 0.1) is 5.01 Å². The van der Waals surface area contributed by atoms with Crippen LogP contribution in [0.1, 0.15) is 35.0 Å². The molecular formula is C16H19BrN2S. The van der Waals surface area contributed by atoms with Crippen LogP contribution < -0.4 is 5.32 Å². The molecular weight excluding hydrogens is 332 g/mol. The van der Waals surface area contributed by atoms with Crippen molar-refractivity contribution in [1.82, 2.24) is 10.3 Å². The molecule has 0 aliphatic heterocycles. The van der Waals surface area contributed by atoms with Crippen molar-refractivity contribution in [1.29, 1.82) is 0 Å². The number of halogens is 1. The fraction of sp³-hybridized carbons (Fsp3) is 0.438. The third-order valence-corrected chi connectivity index (χ3v) is 5.18. The van der Waals surface area contributed by atoms with Gasteiger partial charge in [0, 0.05) is 40.5 Å². The molecule has 0 bridgehead atoms. The Morgan fingerprint density at radius 2 is 2.10 bits per heavy atom. The third kappa shape index (κ3) is 3.90. The standard InChI is InChI=1S/C16H19BrN2S/c1-11-10-20-16(19-11)8-13(9-18-15-6-7-15)12-2-4-14(17)5-3-12/h2-5,10,13,15,18H,6-9H2,1H3. The summed E-state index contributed by atoms with van der Waals surface area (Å²) in [6, 6.07) is 9.47. The normalized spacial score (nSPS) is 16.3. The fourth-order valence-electron chi connectivity index (χ4n) is 2.35. The molecule has 1 saturated carbocycles. The lowest BCUT2D eigenvalue weighted by molar-refractivity contribution is 0.576. The maximum atomic E-state index is 4.62. The van der Waals surface area contributed by atoms with Crippen LogP contribution in [0.4, 0.5) is 0 Å². The van der Waals surface area contributed by atoms with E-state index in [4.69, 9.17) is 0 Å². The van der Waals surface area contributed by atoms with E-state index in [0.29, 0.717) is 5.92 Å². The lowest BCUT2D eigenvalue weighted by Gasteiger charge is -2.17. The summed E-state index contributed by atoms with van der Waals surface area (Å²) < 4.78 is 1.14. The van der Waals surface area contributed by atoms with Gasteiger partial charge in [0.2, 0.25) is 0 Å². The molecule has 1 atom stereocenters. The molecule has 1 fully saturated rings. The molecule has 2 nitrogen and oxygen atoms in total. The first kappa shape index (κ1) is 14.2. The number of nitrogens with zero attached hydrogens (tertiary/aromatic N) is 1. The van der Waals surface area contributed by atoms with E-state index in [9.17, 15) is 0 Å². The Kier molecular flexibility index (Phi) is 4.54. The first-order valence-electron chi connectivity index (χ1n) is 7.10. The van der Waals surface area contributed by atoms with Gasteiger partial charge in [-0.25, -0.2) is 4.98 Å². The predicted molar refractivity (Wildman–Crippen MR) is 88.5 cm³/mol. The van der Waals surface area contributed by atoms with Crippen molar-refractivity contribution in [2.45, 2.75) is 38.1 Å². The zero-order chi connectivity index (χ0) is 13.9. The van der Waals surface area contributed by atoms with E-state index >= 15 is 0 Å². The Labute approximate surface area is 132 Å². The van der Waals surface area contributed by atoms with Crippen LogP contribution in [-0.2, 0) is 6.42 Å². The van der Waals surface area contributed by atoms with E-state index in [0.717, 1.165) is 29.2 Å². The molecule has 2 aromatic rings. The van der Waals surface area contributed by atoms with Gasteiger partial charge in [-0.15, -0.1) is 11.3 Å². The summed E-state index contributed by atoms with van der Waals surface area (Å²) in [5.41, 5.74) is 2.53. The summed E-state index contributed by atoms with van der Waals surface area (Å²) in [7, 11) is 0. The maximum absolute atomic E-state index is 4.62. The van der Waals surface area contributed by atoms with Crippen LogP contribution in [0.25, 0.3) is 0 Å². The second-order valence-electron chi connectivity index (χ2n) is 5.52. The summed E-state index contributed by atoms with van der Waals surface area (Å²) >= 11 is 5.29. The lowest BCUT2D eigenvalue weighted by Crippen LogP contribution is -2.24. The van der Waals surface area contributed by atoms with E-state index in [2.05, 4.69) is 62.8 Å². The van der Waals surface area contributed by atoms with Gasteiger partial charge in [-0.3, -0.25) is 0 Å². The average molecular weight is 351 g/mol. The highest BCUT2D eigenvalue weighted by atomic mass is 79.9. The van der Waals surface area contributed by atoms with Crippen LogP contribution in [-0.4, -0.2) is 17.6 Å². The van der Waals surface area contributed by atoms with Crippen molar-refractivity contribution in [2.75, 3.05) is 6.54 Å². The molecule has 4 heteroatoms. The summed E-state index contributed by atoms with van der Waals surface area (Å²) in [4.78, 5) is 4.62. The van der Waals surface area contributed by atoms with Crippen molar-refractivity contribution >= 4 is 27.3 Å². The Morgan fingerprint density at radius 1 is 1.35 bits per heavy atom. The first-order valence-corrected chi connectivity index (χ1v) is 8.78. The van der Waals surface area contributed by atoms with Crippen molar-refractivity contribution < 1.29 is 0 Å². The zero-order valence-corrected chi connectivity index (χ0v) is 14.0. The van der Waals surface area contributed by atoms with Gasteiger partial charge in [-0.05, 0) is 37.5 Å². The number of aromatic nitrogens is 1. The number of hydrogen-bond donors (Lipinski definition) is 1. The largest absolute Gasteiger partial charge is 0.313 e. The van der Waals surface area contributed by atoms with Crippen molar-refractivity contribution in [3.63, 3.8) is 0 Å². The van der Waals surface area contributed by atoms with E-state index < -0.39 is 0 Å². The Bertz CT molecular complexity index is 560. The third-order valence-electron chi connectivity index (χ3n) is 3.66. The molecule has 20 heavy (non-hydrogen) atoms. The molecule has 0 amide bonds. The Morgan fingerprint density at radius 3 is 2.70 bits per heavy atom. The number of aryl methyl sites for hydroxylation is 1. The molecule has 3 rings (SSSR count). The van der Waals surface area contributed by atoms with E-state index in [1.807, 2.05) is 0 Å². The molecule has 1 aliphatic rings.